The number of benzene rings is 1. The van der Waals surface area contributed by atoms with E-state index in [4.69, 9.17) is 0 Å². The Balaban J connectivity index is 0.000000268. The number of rotatable bonds is 4. The second kappa shape index (κ2) is 16.5. The van der Waals surface area contributed by atoms with E-state index in [0.29, 0.717) is 12.7 Å². The smallest absolute Gasteiger partial charge is 0.198 e. The van der Waals surface area contributed by atoms with Crippen LogP contribution in [-0.4, -0.2) is 50.3 Å². The summed E-state index contributed by atoms with van der Waals surface area (Å²) >= 11 is 0. The van der Waals surface area contributed by atoms with E-state index in [1.807, 2.05) is 19.2 Å². The van der Waals surface area contributed by atoms with Crippen LogP contribution in [0.1, 0.15) is 69.1 Å². The molecule has 1 fully saturated rings. The lowest BCUT2D eigenvalue weighted by atomic mass is 9.39. The third kappa shape index (κ3) is 10.6. The highest BCUT2D eigenvalue weighted by Crippen LogP contribution is 2.29. The minimum Gasteiger partial charge on any atom is -0.508 e. The second-order valence-corrected chi connectivity index (χ2v) is 9.40. The summed E-state index contributed by atoms with van der Waals surface area (Å²) in [7, 11) is 5.92. The summed E-state index contributed by atoms with van der Waals surface area (Å²) in [5.41, 5.74) is 3.52. The van der Waals surface area contributed by atoms with E-state index in [1.54, 1.807) is 6.20 Å². The maximum absolute atomic E-state index is 9.59. The van der Waals surface area contributed by atoms with Crippen molar-refractivity contribution in [1.82, 2.24) is 15.5 Å². The summed E-state index contributed by atoms with van der Waals surface area (Å²) in [5.74, 6) is 4.04. The van der Waals surface area contributed by atoms with Gasteiger partial charge in [-0.15, -0.1) is 0 Å². The average Bonchev–Trinajstić information content (AvgIpc) is 3.31. The monoisotopic (exact) mass is 453 g/mol. The number of hydrogen-bond donors (Lipinski definition) is 3. The molecule has 2 aliphatic heterocycles. The molecule has 33 heavy (non-hydrogen) atoms. The van der Waals surface area contributed by atoms with Gasteiger partial charge >= 0.3 is 0 Å². The van der Waals surface area contributed by atoms with E-state index in [9.17, 15) is 5.11 Å². The Morgan fingerprint density at radius 2 is 1.88 bits per heavy atom. The van der Waals surface area contributed by atoms with Crippen LogP contribution in [0, 0.1) is 5.92 Å². The van der Waals surface area contributed by atoms with Gasteiger partial charge in [-0.3, -0.25) is 0 Å². The summed E-state index contributed by atoms with van der Waals surface area (Å²) in [6.07, 6.45) is 14.6. The molecule has 4 rings (SSSR count). The number of fused-ring (bicyclic) bond motifs is 2. The van der Waals surface area contributed by atoms with Crippen LogP contribution < -0.4 is 10.6 Å². The molecule has 184 valence electrons. The van der Waals surface area contributed by atoms with Crippen LogP contribution in [0.5, 0.6) is 0 Å². The lowest BCUT2D eigenvalue weighted by Crippen LogP contribution is -2.42. The Kier molecular flexibility index (Phi) is 14.4. The molecule has 1 aromatic rings. The van der Waals surface area contributed by atoms with Gasteiger partial charge in [0.1, 0.15) is 5.76 Å². The Bertz CT molecular complexity index is 726. The highest BCUT2D eigenvalue weighted by molar-refractivity contribution is 6.66. The summed E-state index contributed by atoms with van der Waals surface area (Å²) in [6.45, 7) is 13.2. The van der Waals surface area contributed by atoms with Crippen molar-refractivity contribution in [3.63, 3.8) is 0 Å². The normalized spacial score (nSPS) is 18.1. The first-order chi connectivity index (χ1) is 15.9. The molecule has 1 saturated carbocycles. The summed E-state index contributed by atoms with van der Waals surface area (Å²) in [6, 6.07) is 6.10. The van der Waals surface area contributed by atoms with Crippen LogP contribution >= 0.6 is 0 Å². The summed E-state index contributed by atoms with van der Waals surface area (Å²) in [5, 5.41) is 15.7. The maximum atomic E-state index is 9.59. The van der Waals surface area contributed by atoms with Crippen molar-refractivity contribution in [2.75, 3.05) is 27.7 Å². The van der Waals surface area contributed by atoms with Crippen LogP contribution in [0.3, 0.4) is 0 Å². The zero-order valence-electron chi connectivity index (χ0n) is 21.9. The van der Waals surface area contributed by atoms with E-state index >= 15 is 0 Å². The first kappa shape index (κ1) is 28.9. The minimum atomic E-state index is 0.185. The highest BCUT2D eigenvalue weighted by atomic mass is 16.3. The van der Waals surface area contributed by atoms with Crippen LogP contribution in [0.25, 0.3) is 5.76 Å². The van der Waals surface area contributed by atoms with Gasteiger partial charge in [-0.25, -0.2) is 0 Å². The number of nitrogens with zero attached hydrogens (tertiary/aromatic N) is 1. The van der Waals surface area contributed by atoms with Crippen LogP contribution in [0.15, 0.2) is 49.7 Å². The lowest BCUT2D eigenvalue weighted by Gasteiger charge is -2.27. The zero-order valence-corrected chi connectivity index (χ0v) is 21.9. The van der Waals surface area contributed by atoms with Gasteiger partial charge in [-0.2, -0.15) is 0 Å². The van der Waals surface area contributed by atoms with Gasteiger partial charge in [0.25, 0.3) is 0 Å². The van der Waals surface area contributed by atoms with Crippen molar-refractivity contribution in [2.45, 2.75) is 71.1 Å². The first-order valence-corrected chi connectivity index (χ1v) is 12.7. The molecule has 4 nitrogen and oxygen atoms in total. The second-order valence-electron chi connectivity index (χ2n) is 9.40. The number of aliphatic hydroxyl groups excluding tert-OH is 1. The van der Waals surface area contributed by atoms with E-state index in [-0.39, 0.29) is 5.76 Å². The highest BCUT2D eigenvalue weighted by Gasteiger charge is 2.33. The minimum absolute atomic E-state index is 0.185. The molecule has 0 amide bonds. The van der Waals surface area contributed by atoms with Crippen molar-refractivity contribution >= 4 is 12.5 Å². The van der Waals surface area contributed by atoms with E-state index in [2.05, 4.69) is 74.9 Å². The standard InChI is InChI=1S/C13H14BNO.C8H16.C4H11N.C3H7N/c1-9(16)11-4-2-3-10-7-13-14(5-6-15-13)8-12(10)11;1-2-8-6-4-3-5-7-8;1-4-5(2)3;1-3-4-2/h2-6,13,15-16H,1,7-8H2;8H,2-7H2,1H3;4H2,1-3H3;3-4H,1H2,2H3. The lowest BCUT2D eigenvalue weighted by molar-refractivity contribution is 0.349. The maximum Gasteiger partial charge on any atom is 0.198 e. The summed E-state index contributed by atoms with van der Waals surface area (Å²) in [4.78, 5) is 2.12. The Morgan fingerprint density at radius 3 is 2.36 bits per heavy atom. The molecule has 1 atom stereocenters. The van der Waals surface area contributed by atoms with Crippen LogP contribution in [0.2, 0.25) is 0 Å². The van der Waals surface area contributed by atoms with Crippen molar-refractivity contribution < 1.29 is 5.11 Å². The van der Waals surface area contributed by atoms with Crippen molar-refractivity contribution in [2.24, 2.45) is 5.92 Å². The Morgan fingerprint density at radius 1 is 1.24 bits per heavy atom. The van der Waals surface area contributed by atoms with Gasteiger partial charge < -0.3 is 20.6 Å². The molecule has 1 aromatic carbocycles. The number of aliphatic hydroxyl groups is 1. The molecular formula is C28H48BN3O. The third-order valence-corrected chi connectivity index (χ3v) is 6.77. The molecule has 0 bridgehead atoms. The predicted octanol–water partition coefficient (Wildman–Crippen LogP) is 5.81. The molecule has 3 aliphatic rings. The molecule has 0 spiro atoms. The summed E-state index contributed by atoms with van der Waals surface area (Å²) < 4.78 is 0. The average molecular weight is 454 g/mol. The van der Waals surface area contributed by atoms with Gasteiger partial charge in [-0.05, 0) is 62.8 Å². The molecule has 1 unspecified atom stereocenters. The van der Waals surface area contributed by atoms with Crippen molar-refractivity contribution in [3.05, 3.63) is 66.4 Å². The van der Waals surface area contributed by atoms with Crippen molar-refractivity contribution in [1.29, 1.82) is 0 Å². The van der Waals surface area contributed by atoms with E-state index in [0.717, 1.165) is 30.8 Å². The van der Waals surface area contributed by atoms with Gasteiger partial charge in [0, 0.05) is 18.6 Å². The fourth-order valence-electron chi connectivity index (χ4n) is 4.39. The molecule has 0 radical (unpaired) electrons. The number of hydrogen-bond acceptors (Lipinski definition) is 4. The van der Waals surface area contributed by atoms with Gasteiger partial charge in [-0.1, -0.05) is 89.7 Å². The largest absolute Gasteiger partial charge is 0.508 e. The van der Waals surface area contributed by atoms with Crippen LogP contribution in [-0.2, 0) is 12.7 Å². The molecule has 1 aliphatic carbocycles. The van der Waals surface area contributed by atoms with Crippen molar-refractivity contribution in [3.8, 4) is 0 Å². The molecule has 0 aromatic heterocycles. The quantitative estimate of drug-likeness (QED) is 0.398. The Hall–Kier alpha value is -2.14. The number of nitrogens with one attached hydrogen (secondary N) is 2. The van der Waals surface area contributed by atoms with Gasteiger partial charge in [0.2, 0.25) is 0 Å². The Labute approximate surface area is 204 Å². The van der Waals surface area contributed by atoms with Gasteiger partial charge in [0.05, 0.1) is 0 Å². The zero-order chi connectivity index (χ0) is 24.6. The molecule has 5 heteroatoms. The fourth-order valence-corrected chi connectivity index (χ4v) is 4.39. The van der Waals surface area contributed by atoms with E-state index in [1.165, 1.54) is 49.7 Å². The fraction of sp³-hybridized carbons (Fsp3) is 0.571. The third-order valence-electron chi connectivity index (χ3n) is 6.77. The van der Waals surface area contributed by atoms with E-state index < -0.39 is 0 Å². The molecule has 0 saturated heterocycles. The predicted molar refractivity (Wildman–Crippen MR) is 148 cm³/mol. The topological polar surface area (TPSA) is 47.5 Å². The molecule has 3 N–H and O–H groups in total. The first-order valence-electron chi connectivity index (χ1n) is 12.7. The SMILES string of the molecule is C=C(O)c1cccc2c1CB1C=CNC1C2.C=CNC.CCC1CCCCC1.CCN(C)C. The molecular weight excluding hydrogens is 405 g/mol. The van der Waals surface area contributed by atoms with Gasteiger partial charge in [0.15, 0.2) is 6.71 Å². The van der Waals surface area contributed by atoms with Crippen LogP contribution in [0.4, 0.5) is 0 Å². The molecule has 2 heterocycles.